The van der Waals surface area contributed by atoms with Crippen LogP contribution in [0.1, 0.15) is 32.4 Å². The number of aromatic amines is 1. The zero-order chi connectivity index (χ0) is 21.1. The van der Waals surface area contributed by atoms with E-state index in [1.807, 2.05) is 56.3 Å². The van der Waals surface area contributed by atoms with E-state index in [1.165, 1.54) is 5.56 Å². The lowest BCUT2D eigenvalue weighted by Gasteiger charge is -2.15. The summed E-state index contributed by atoms with van der Waals surface area (Å²) in [5.74, 6) is 0.743. The minimum Gasteiger partial charge on any atom is -0.363 e. The number of anilines is 2. The Balaban J connectivity index is 1.58. The maximum Gasteiger partial charge on any atom is 0.226 e. The average Bonchev–Trinajstić information content (AvgIpc) is 3.20. The quantitative estimate of drug-likeness (QED) is 0.406. The van der Waals surface area contributed by atoms with E-state index in [-0.39, 0.29) is 17.9 Å². The van der Waals surface area contributed by atoms with Gasteiger partial charge >= 0.3 is 0 Å². The van der Waals surface area contributed by atoms with Crippen LogP contribution >= 0.6 is 0 Å². The van der Waals surface area contributed by atoms with E-state index in [9.17, 15) is 4.79 Å². The second-order valence-corrected chi connectivity index (χ2v) is 7.67. The van der Waals surface area contributed by atoms with Crippen molar-refractivity contribution in [1.29, 1.82) is 0 Å². The van der Waals surface area contributed by atoms with Crippen molar-refractivity contribution in [2.75, 3.05) is 10.6 Å². The van der Waals surface area contributed by atoms with Gasteiger partial charge in [0, 0.05) is 23.3 Å². The lowest BCUT2D eigenvalue weighted by Crippen LogP contribution is -2.17. The van der Waals surface area contributed by atoms with Crippen molar-refractivity contribution < 1.29 is 4.79 Å². The zero-order valence-electron chi connectivity index (χ0n) is 17.3. The van der Waals surface area contributed by atoms with E-state index in [0.717, 1.165) is 33.8 Å². The first-order chi connectivity index (χ1) is 14.5. The zero-order valence-corrected chi connectivity index (χ0v) is 17.3. The summed E-state index contributed by atoms with van der Waals surface area (Å²) in [4.78, 5) is 24.1. The molecular formula is C24H25N5O. The summed E-state index contributed by atoms with van der Waals surface area (Å²) < 4.78 is 0. The number of aromatic nitrogens is 3. The van der Waals surface area contributed by atoms with Crippen LogP contribution in [0, 0.1) is 5.92 Å². The van der Waals surface area contributed by atoms with E-state index in [2.05, 4.69) is 50.7 Å². The lowest BCUT2D eigenvalue weighted by molar-refractivity contribution is -0.118. The highest BCUT2D eigenvalue weighted by Gasteiger charge is 2.13. The van der Waals surface area contributed by atoms with Crippen molar-refractivity contribution in [2.24, 2.45) is 5.92 Å². The van der Waals surface area contributed by atoms with Crippen LogP contribution in [0.5, 0.6) is 0 Å². The van der Waals surface area contributed by atoms with Crippen LogP contribution in [-0.2, 0) is 4.79 Å². The predicted octanol–water partition coefficient (Wildman–Crippen LogP) is 5.39. The number of hydrogen-bond acceptors (Lipinski definition) is 4. The number of nitrogens with one attached hydrogen (secondary N) is 3. The molecule has 2 heterocycles. The highest BCUT2D eigenvalue weighted by Crippen LogP contribution is 2.29. The second-order valence-electron chi connectivity index (χ2n) is 7.67. The Morgan fingerprint density at radius 1 is 0.967 bits per heavy atom. The van der Waals surface area contributed by atoms with E-state index in [0.29, 0.717) is 0 Å². The molecule has 30 heavy (non-hydrogen) atoms. The van der Waals surface area contributed by atoms with Gasteiger partial charge in [0.05, 0.1) is 5.39 Å². The molecule has 152 valence electrons. The van der Waals surface area contributed by atoms with Gasteiger partial charge in [-0.25, -0.2) is 9.97 Å². The minimum absolute atomic E-state index is 0.00638. The third kappa shape index (κ3) is 4.17. The molecule has 1 atom stereocenters. The SMILES string of the molecule is CC(C)C(=O)Nc1ccc(-c2cc3c(N[C@H](C)c4ccccc4)ncnc3[nH]2)cc1. The monoisotopic (exact) mass is 399 g/mol. The number of fused-ring (bicyclic) bond motifs is 1. The molecule has 4 aromatic rings. The minimum atomic E-state index is -0.0545. The van der Waals surface area contributed by atoms with E-state index >= 15 is 0 Å². The Labute approximate surface area is 175 Å². The summed E-state index contributed by atoms with van der Waals surface area (Å²) in [5.41, 5.74) is 4.71. The fourth-order valence-corrected chi connectivity index (χ4v) is 3.26. The summed E-state index contributed by atoms with van der Waals surface area (Å²) in [5, 5.41) is 7.34. The third-order valence-corrected chi connectivity index (χ3v) is 5.07. The van der Waals surface area contributed by atoms with Crippen molar-refractivity contribution in [1.82, 2.24) is 15.0 Å². The molecule has 0 unspecified atom stereocenters. The van der Waals surface area contributed by atoms with Gasteiger partial charge in [-0.1, -0.05) is 56.3 Å². The molecule has 0 radical (unpaired) electrons. The van der Waals surface area contributed by atoms with Gasteiger partial charge in [0.15, 0.2) is 0 Å². The van der Waals surface area contributed by atoms with E-state index < -0.39 is 0 Å². The van der Waals surface area contributed by atoms with Crippen molar-refractivity contribution in [3.63, 3.8) is 0 Å². The summed E-state index contributed by atoms with van der Waals surface area (Å²) >= 11 is 0. The fraction of sp³-hybridized carbons (Fsp3) is 0.208. The lowest BCUT2D eigenvalue weighted by atomic mass is 10.1. The predicted molar refractivity (Wildman–Crippen MR) is 121 cm³/mol. The van der Waals surface area contributed by atoms with E-state index in [1.54, 1.807) is 6.33 Å². The van der Waals surface area contributed by atoms with Crippen molar-refractivity contribution in [2.45, 2.75) is 26.8 Å². The standard InChI is InChI=1S/C24H25N5O/c1-15(2)24(30)28-19-11-9-18(10-12-19)21-13-20-22(25-14-26-23(20)29-21)27-16(3)17-7-5-4-6-8-17/h4-16H,1-3H3,(H,28,30)(H2,25,26,27,29)/t16-/m1/s1. The number of rotatable bonds is 6. The number of carbonyl (C=O) groups is 1. The highest BCUT2D eigenvalue weighted by molar-refractivity contribution is 5.93. The number of nitrogens with zero attached hydrogens (tertiary/aromatic N) is 2. The van der Waals surface area contributed by atoms with Crippen LogP contribution in [0.3, 0.4) is 0 Å². The topological polar surface area (TPSA) is 82.7 Å². The third-order valence-electron chi connectivity index (χ3n) is 5.07. The molecule has 2 aromatic carbocycles. The first-order valence-corrected chi connectivity index (χ1v) is 10.1. The molecule has 0 fully saturated rings. The van der Waals surface area contributed by atoms with Gasteiger partial charge in [-0.05, 0) is 36.2 Å². The Bertz CT molecular complexity index is 1150. The molecule has 3 N–H and O–H groups in total. The Kier molecular flexibility index (Phi) is 5.48. The van der Waals surface area contributed by atoms with Crippen molar-refractivity contribution in [3.05, 3.63) is 72.6 Å². The van der Waals surface area contributed by atoms with Crippen molar-refractivity contribution in [3.8, 4) is 11.3 Å². The van der Waals surface area contributed by atoms with Gasteiger partial charge in [-0.2, -0.15) is 0 Å². The molecular weight excluding hydrogens is 374 g/mol. The van der Waals surface area contributed by atoms with Gasteiger partial charge in [0.2, 0.25) is 5.91 Å². The smallest absolute Gasteiger partial charge is 0.226 e. The van der Waals surface area contributed by atoms with Gasteiger partial charge < -0.3 is 15.6 Å². The largest absolute Gasteiger partial charge is 0.363 e. The van der Waals surface area contributed by atoms with Gasteiger partial charge in [0.1, 0.15) is 17.8 Å². The number of H-pyrrole nitrogens is 1. The first kappa shape index (κ1) is 19.6. The van der Waals surface area contributed by atoms with Gasteiger partial charge in [0.25, 0.3) is 0 Å². The maximum atomic E-state index is 11.9. The van der Waals surface area contributed by atoms with Gasteiger partial charge in [-0.3, -0.25) is 4.79 Å². The summed E-state index contributed by atoms with van der Waals surface area (Å²) in [7, 11) is 0. The van der Waals surface area contributed by atoms with Crippen LogP contribution in [0.15, 0.2) is 67.0 Å². The second kappa shape index (κ2) is 8.37. The summed E-state index contributed by atoms with van der Waals surface area (Å²) in [6.07, 6.45) is 1.56. The molecule has 0 spiro atoms. The molecule has 0 saturated carbocycles. The van der Waals surface area contributed by atoms with Crippen LogP contribution in [0.2, 0.25) is 0 Å². The Hall–Kier alpha value is -3.67. The molecule has 0 aliphatic carbocycles. The van der Waals surface area contributed by atoms with Gasteiger partial charge in [-0.15, -0.1) is 0 Å². The molecule has 0 bridgehead atoms. The number of benzene rings is 2. The number of hydrogen-bond donors (Lipinski definition) is 3. The summed E-state index contributed by atoms with van der Waals surface area (Å²) in [6, 6.07) is 20.2. The average molecular weight is 399 g/mol. The normalized spacial score (nSPS) is 12.1. The van der Waals surface area contributed by atoms with Crippen LogP contribution < -0.4 is 10.6 Å². The summed E-state index contributed by atoms with van der Waals surface area (Å²) in [6.45, 7) is 5.86. The van der Waals surface area contributed by atoms with E-state index in [4.69, 9.17) is 0 Å². The molecule has 2 aromatic heterocycles. The number of amides is 1. The maximum absolute atomic E-state index is 11.9. The fourth-order valence-electron chi connectivity index (χ4n) is 3.26. The van der Waals surface area contributed by atoms with Crippen molar-refractivity contribution >= 4 is 28.4 Å². The Morgan fingerprint density at radius 2 is 1.70 bits per heavy atom. The first-order valence-electron chi connectivity index (χ1n) is 10.1. The molecule has 0 saturated heterocycles. The number of carbonyl (C=O) groups excluding carboxylic acids is 1. The van der Waals surface area contributed by atoms with Crippen LogP contribution in [-0.4, -0.2) is 20.9 Å². The van der Waals surface area contributed by atoms with Crippen LogP contribution in [0.25, 0.3) is 22.3 Å². The molecule has 4 rings (SSSR count). The molecule has 1 amide bonds. The molecule has 6 nitrogen and oxygen atoms in total. The molecule has 6 heteroatoms. The van der Waals surface area contributed by atoms with Crippen LogP contribution in [0.4, 0.5) is 11.5 Å². The molecule has 0 aliphatic rings. The highest BCUT2D eigenvalue weighted by atomic mass is 16.1. The molecule has 0 aliphatic heterocycles. The Morgan fingerprint density at radius 3 is 2.40 bits per heavy atom.